The number of methoxy groups -OCH3 is 2. The smallest absolute Gasteiger partial charge is 0.264 e. The van der Waals surface area contributed by atoms with Gasteiger partial charge in [-0.1, -0.05) is 6.42 Å². The molecule has 1 aromatic carbocycles. The van der Waals surface area contributed by atoms with E-state index in [0.717, 1.165) is 67.0 Å². The molecule has 0 saturated heterocycles. The standard InChI is InChI=1S/C25H29N3O4S/c1-15-21-23(26-20-7-5-4-6-12-27(20)24(21)29)33-22(15)25(30)28(17-8-9-17)14-16-13-18(31-2)10-11-19(16)32-3/h10-11,13,17H,4-9,12,14H2,1-3H3. The van der Waals surface area contributed by atoms with Crippen molar-refractivity contribution in [2.45, 2.75) is 64.6 Å². The molecule has 0 N–H and O–H groups in total. The predicted octanol–water partition coefficient (Wildman–Crippen LogP) is 4.31. The molecule has 5 rings (SSSR count). The molecule has 7 nitrogen and oxygen atoms in total. The van der Waals surface area contributed by atoms with Crippen LogP contribution in [0.25, 0.3) is 10.2 Å². The molecule has 2 aliphatic rings. The lowest BCUT2D eigenvalue weighted by atomic mass is 10.1. The first kappa shape index (κ1) is 21.9. The Kier molecular flexibility index (Phi) is 5.86. The minimum atomic E-state index is -0.0394. The summed E-state index contributed by atoms with van der Waals surface area (Å²) in [5, 5.41) is 0.601. The number of ether oxygens (including phenoxy) is 2. The van der Waals surface area contributed by atoms with E-state index < -0.39 is 0 Å². The third-order valence-corrected chi connectivity index (χ3v) is 7.86. The molecule has 2 aromatic heterocycles. The number of carbonyl (C=O) groups excluding carboxylic acids is 1. The van der Waals surface area contributed by atoms with Crippen LogP contribution in [0.2, 0.25) is 0 Å². The molecule has 1 amide bonds. The summed E-state index contributed by atoms with van der Waals surface area (Å²) in [7, 11) is 3.26. The Morgan fingerprint density at radius 2 is 2.03 bits per heavy atom. The largest absolute Gasteiger partial charge is 0.497 e. The van der Waals surface area contributed by atoms with Gasteiger partial charge in [0, 0.05) is 24.6 Å². The van der Waals surface area contributed by atoms with Gasteiger partial charge in [0.1, 0.15) is 22.2 Å². The third-order valence-electron chi connectivity index (χ3n) is 6.68. The Morgan fingerprint density at radius 3 is 2.76 bits per heavy atom. The zero-order valence-corrected chi connectivity index (χ0v) is 20.2. The van der Waals surface area contributed by atoms with E-state index in [1.165, 1.54) is 11.3 Å². The van der Waals surface area contributed by atoms with Crippen molar-refractivity contribution < 1.29 is 14.3 Å². The molecule has 0 unspecified atom stereocenters. The zero-order chi connectivity index (χ0) is 23.1. The van der Waals surface area contributed by atoms with Crippen LogP contribution in [-0.4, -0.2) is 40.6 Å². The predicted molar refractivity (Wildman–Crippen MR) is 129 cm³/mol. The van der Waals surface area contributed by atoms with E-state index in [2.05, 4.69) is 0 Å². The molecule has 1 aliphatic heterocycles. The fraction of sp³-hybridized carbons (Fsp3) is 0.480. The Hall–Kier alpha value is -2.87. The molecule has 0 spiro atoms. The van der Waals surface area contributed by atoms with Crippen LogP contribution in [0.5, 0.6) is 11.5 Å². The van der Waals surface area contributed by atoms with Gasteiger partial charge in [0.15, 0.2) is 0 Å². The first-order chi connectivity index (χ1) is 16.0. The Balaban J connectivity index is 1.54. The number of aryl methyl sites for hydroxylation is 2. The van der Waals surface area contributed by atoms with Crippen LogP contribution < -0.4 is 15.0 Å². The number of hydrogen-bond acceptors (Lipinski definition) is 6. The number of aromatic nitrogens is 2. The highest BCUT2D eigenvalue weighted by molar-refractivity contribution is 7.20. The summed E-state index contributed by atoms with van der Waals surface area (Å²) >= 11 is 1.36. The first-order valence-electron chi connectivity index (χ1n) is 11.6. The SMILES string of the molecule is COc1ccc(OC)c(CN(C(=O)c2sc3nc4n(c(=O)c3c2C)CCCCC4)C2CC2)c1. The molecule has 0 radical (unpaired) electrons. The van der Waals surface area contributed by atoms with Crippen molar-refractivity contribution >= 4 is 27.5 Å². The van der Waals surface area contributed by atoms with Crippen LogP contribution in [0.3, 0.4) is 0 Å². The number of nitrogens with zero attached hydrogens (tertiary/aromatic N) is 3. The Morgan fingerprint density at radius 1 is 1.21 bits per heavy atom. The molecular formula is C25H29N3O4S. The number of hydrogen-bond donors (Lipinski definition) is 0. The minimum absolute atomic E-state index is 0.00265. The molecule has 3 heterocycles. The zero-order valence-electron chi connectivity index (χ0n) is 19.3. The molecule has 0 atom stereocenters. The number of benzene rings is 1. The maximum Gasteiger partial charge on any atom is 0.264 e. The molecule has 1 aliphatic carbocycles. The van der Waals surface area contributed by atoms with Crippen molar-refractivity contribution in [3.05, 3.63) is 50.4 Å². The van der Waals surface area contributed by atoms with E-state index in [1.54, 1.807) is 14.2 Å². The van der Waals surface area contributed by atoms with E-state index in [-0.39, 0.29) is 17.5 Å². The highest BCUT2D eigenvalue weighted by Gasteiger charge is 2.35. The lowest BCUT2D eigenvalue weighted by molar-refractivity contribution is 0.0733. The van der Waals surface area contributed by atoms with Gasteiger partial charge in [-0.2, -0.15) is 0 Å². The van der Waals surface area contributed by atoms with Gasteiger partial charge in [0.05, 0.1) is 31.0 Å². The molecule has 0 bridgehead atoms. The fourth-order valence-electron chi connectivity index (χ4n) is 4.69. The summed E-state index contributed by atoms with van der Waals surface area (Å²) in [6.07, 6.45) is 5.94. The van der Waals surface area contributed by atoms with Gasteiger partial charge >= 0.3 is 0 Å². The van der Waals surface area contributed by atoms with E-state index in [0.29, 0.717) is 28.2 Å². The summed E-state index contributed by atoms with van der Waals surface area (Å²) in [5.41, 5.74) is 1.65. The van der Waals surface area contributed by atoms with Crippen LogP contribution in [0.1, 0.15) is 58.7 Å². The van der Waals surface area contributed by atoms with Crippen LogP contribution in [0.15, 0.2) is 23.0 Å². The van der Waals surface area contributed by atoms with Crippen molar-refractivity contribution in [1.29, 1.82) is 0 Å². The third kappa shape index (κ3) is 4.01. The van der Waals surface area contributed by atoms with Gasteiger partial charge in [-0.25, -0.2) is 4.98 Å². The summed E-state index contributed by atoms with van der Waals surface area (Å²) in [6.45, 7) is 3.02. The molecule has 3 aromatic rings. The summed E-state index contributed by atoms with van der Waals surface area (Å²) in [5.74, 6) is 2.27. The van der Waals surface area contributed by atoms with Gasteiger partial charge in [0.25, 0.3) is 11.5 Å². The van der Waals surface area contributed by atoms with Gasteiger partial charge < -0.3 is 14.4 Å². The van der Waals surface area contributed by atoms with Crippen LogP contribution in [-0.2, 0) is 19.5 Å². The van der Waals surface area contributed by atoms with Gasteiger partial charge in [-0.05, 0) is 56.4 Å². The maximum atomic E-state index is 13.8. The minimum Gasteiger partial charge on any atom is -0.497 e. The van der Waals surface area contributed by atoms with Crippen molar-refractivity contribution in [3.8, 4) is 11.5 Å². The van der Waals surface area contributed by atoms with Crippen LogP contribution >= 0.6 is 11.3 Å². The molecule has 174 valence electrons. The number of carbonyl (C=O) groups is 1. The second-order valence-electron chi connectivity index (χ2n) is 8.87. The Bertz CT molecular complexity index is 1270. The number of thiophene rings is 1. The number of rotatable bonds is 6. The monoisotopic (exact) mass is 467 g/mol. The van der Waals surface area contributed by atoms with Crippen LogP contribution in [0.4, 0.5) is 0 Å². The highest BCUT2D eigenvalue weighted by atomic mass is 32.1. The highest BCUT2D eigenvalue weighted by Crippen LogP contribution is 2.36. The van der Waals surface area contributed by atoms with Crippen molar-refractivity contribution in [3.63, 3.8) is 0 Å². The average Bonchev–Trinajstić information content (AvgIpc) is 3.63. The van der Waals surface area contributed by atoms with Gasteiger partial charge in [-0.3, -0.25) is 14.2 Å². The quantitative estimate of drug-likeness (QED) is 0.540. The molecular weight excluding hydrogens is 438 g/mol. The van der Waals surface area contributed by atoms with Crippen molar-refractivity contribution in [1.82, 2.24) is 14.5 Å². The maximum absolute atomic E-state index is 13.8. The fourth-order valence-corrected chi connectivity index (χ4v) is 5.83. The second kappa shape index (κ2) is 8.82. The molecule has 33 heavy (non-hydrogen) atoms. The van der Waals surface area contributed by atoms with Gasteiger partial charge in [0.2, 0.25) is 0 Å². The lowest BCUT2D eigenvalue weighted by Gasteiger charge is -2.23. The average molecular weight is 468 g/mol. The molecule has 1 fully saturated rings. The normalized spacial score (nSPS) is 15.7. The summed E-state index contributed by atoms with van der Waals surface area (Å²) in [6, 6.07) is 5.84. The van der Waals surface area contributed by atoms with Gasteiger partial charge in [-0.15, -0.1) is 11.3 Å². The van der Waals surface area contributed by atoms with E-state index in [9.17, 15) is 9.59 Å². The molecule has 8 heteroatoms. The van der Waals surface area contributed by atoms with Crippen LogP contribution in [0, 0.1) is 6.92 Å². The number of fused-ring (bicyclic) bond motifs is 2. The Labute approximate surface area is 197 Å². The topological polar surface area (TPSA) is 73.7 Å². The second-order valence-corrected chi connectivity index (χ2v) is 9.87. The van der Waals surface area contributed by atoms with Crippen molar-refractivity contribution in [2.24, 2.45) is 0 Å². The van der Waals surface area contributed by atoms with E-state index in [1.807, 2.05) is 34.6 Å². The molecule has 1 saturated carbocycles. The lowest BCUT2D eigenvalue weighted by Crippen LogP contribution is -2.32. The van der Waals surface area contributed by atoms with Crippen molar-refractivity contribution in [2.75, 3.05) is 14.2 Å². The van der Waals surface area contributed by atoms with E-state index >= 15 is 0 Å². The number of amides is 1. The van der Waals surface area contributed by atoms with E-state index in [4.69, 9.17) is 14.5 Å². The first-order valence-corrected chi connectivity index (χ1v) is 12.4. The summed E-state index contributed by atoms with van der Waals surface area (Å²) < 4.78 is 12.7. The summed E-state index contributed by atoms with van der Waals surface area (Å²) in [4.78, 5) is 35.2.